The second-order valence-electron chi connectivity index (χ2n) is 4.40. The Kier molecular flexibility index (Phi) is 3.51. The summed E-state index contributed by atoms with van der Waals surface area (Å²) in [6, 6.07) is 4.01. The van der Waals surface area contributed by atoms with Crippen LogP contribution in [0.15, 0.2) is 23.1 Å². The van der Waals surface area contributed by atoms with Crippen molar-refractivity contribution in [3.05, 3.63) is 24.0 Å². The van der Waals surface area contributed by atoms with Crippen LogP contribution in [0, 0.1) is 0 Å². The van der Waals surface area contributed by atoms with Gasteiger partial charge in [0.2, 0.25) is 0 Å². The number of rotatable bonds is 3. The molecule has 20 heavy (non-hydrogen) atoms. The van der Waals surface area contributed by atoms with E-state index in [4.69, 9.17) is 5.11 Å². The molecule has 0 aliphatic rings. The van der Waals surface area contributed by atoms with Crippen molar-refractivity contribution in [1.29, 1.82) is 0 Å². The van der Waals surface area contributed by atoms with E-state index in [1.165, 1.54) is 18.2 Å². The number of aromatic nitrogens is 2. The molecule has 2 rings (SSSR count). The predicted octanol–water partition coefficient (Wildman–Crippen LogP) is 1.43. The van der Waals surface area contributed by atoms with Crippen LogP contribution in [0.5, 0.6) is 0 Å². The molecule has 0 aliphatic carbocycles. The molecule has 0 radical (unpaired) electrons. The lowest BCUT2D eigenvalue weighted by Gasteiger charge is -2.12. The molecule has 2 N–H and O–H groups in total. The number of hydrogen-bond donors (Lipinski definition) is 2. The van der Waals surface area contributed by atoms with E-state index in [2.05, 4.69) is 9.97 Å². The number of benzene rings is 1. The molecule has 2 aromatic rings. The number of sulfone groups is 1. The van der Waals surface area contributed by atoms with Gasteiger partial charge in [-0.2, -0.15) is 13.2 Å². The van der Waals surface area contributed by atoms with Gasteiger partial charge in [0.25, 0.3) is 0 Å². The van der Waals surface area contributed by atoms with E-state index in [9.17, 15) is 21.6 Å². The Morgan fingerprint density at radius 3 is 2.60 bits per heavy atom. The molecule has 9 heteroatoms. The van der Waals surface area contributed by atoms with Gasteiger partial charge >= 0.3 is 6.18 Å². The van der Waals surface area contributed by atoms with E-state index < -0.39 is 28.5 Å². The van der Waals surface area contributed by atoms with Crippen molar-refractivity contribution in [2.24, 2.45) is 0 Å². The maximum absolute atomic E-state index is 12.2. The summed E-state index contributed by atoms with van der Waals surface area (Å²) in [5, 5.41) is 8.97. The van der Waals surface area contributed by atoms with Gasteiger partial charge in [0.15, 0.2) is 15.9 Å². The molecule has 0 bridgehead atoms. The van der Waals surface area contributed by atoms with Crippen molar-refractivity contribution in [2.45, 2.75) is 23.6 Å². The van der Waals surface area contributed by atoms with Crippen molar-refractivity contribution < 1.29 is 26.7 Å². The summed E-state index contributed by atoms with van der Waals surface area (Å²) < 4.78 is 59.5. The molecule has 110 valence electrons. The van der Waals surface area contributed by atoms with E-state index in [1.807, 2.05) is 0 Å². The van der Waals surface area contributed by atoms with Crippen molar-refractivity contribution in [2.75, 3.05) is 6.26 Å². The Labute approximate surface area is 112 Å². The maximum atomic E-state index is 12.2. The lowest BCUT2D eigenvalue weighted by Crippen LogP contribution is -2.30. The zero-order valence-corrected chi connectivity index (χ0v) is 11.1. The van der Waals surface area contributed by atoms with Crippen molar-refractivity contribution >= 4 is 20.9 Å². The van der Waals surface area contributed by atoms with Gasteiger partial charge in [-0.05, 0) is 18.2 Å². The standard InChI is InChI=1S/C11H11F3N2O3S/c1-20(18,19)6-2-3-7-8(4-6)16-10(15-7)5-9(17)11(12,13)14/h2-4,9,17H,5H2,1H3,(H,15,16). The van der Waals surface area contributed by atoms with E-state index in [-0.39, 0.29) is 10.7 Å². The summed E-state index contributed by atoms with van der Waals surface area (Å²) >= 11 is 0. The van der Waals surface area contributed by atoms with Crippen LogP contribution in [0.4, 0.5) is 13.2 Å². The fourth-order valence-electron chi connectivity index (χ4n) is 1.67. The Bertz CT molecular complexity index is 737. The SMILES string of the molecule is CS(=O)(=O)c1ccc2nc(CC(O)C(F)(F)F)[nH]c2c1. The molecule has 0 aliphatic heterocycles. The first-order valence-corrected chi connectivity index (χ1v) is 7.40. The quantitative estimate of drug-likeness (QED) is 0.898. The van der Waals surface area contributed by atoms with Gasteiger partial charge in [-0.1, -0.05) is 0 Å². The van der Waals surface area contributed by atoms with Crippen LogP contribution in [-0.2, 0) is 16.3 Å². The first-order chi connectivity index (χ1) is 9.07. The summed E-state index contributed by atoms with van der Waals surface area (Å²) in [7, 11) is -3.41. The summed E-state index contributed by atoms with van der Waals surface area (Å²) in [6.45, 7) is 0. The number of H-pyrrole nitrogens is 1. The van der Waals surface area contributed by atoms with Gasteiger partial charge < -0.3 is 10.1 Å². The first kappa shape index (κ1) is 14.8. The van der Waals surface area contributed by atoms with Crippen molar-refractivity contribution in [3.8, 4) is 0 Å². The summed E-state index contributed by atoms with van der Waals surface area (Å²) in [5.74, 6) is -0.0597. The number of halogens is 3. The highest BCUT2D eigenvalue weighted by Gasteiger charge is 2.38. The number of nitrogens with zero attached hydrogens (tertiary/aromatic N) is 1. The Hall–Kier alpha value is -1.61. The lowest BCUT2D eigenvalue weighted by molar-refractivity contribution is -0.203. The van der Waals surface area contributed by atoms with Crippen LogP contribution in [0.1, 0.15) is 5.82 Å². The van der Waals surface area contributed by atoms with Gasteiger partial charge in [-0.15, -0.1) is 0 Å². The minimum absolute atomic E-state index is 0.0385. The Morgan fingerprint density at radius 2 is 2.05 bits per heavy atom. The fourth-order valence-corrected chi connectivity index (χ4v) is 2.31. The van der Waals surface area contributed by atoms with Crippen LogP contribution in [-0.4, -0.2) is 42.0 Å². The average molecular weight is 308 g/mol. The third-order valence-electron chi connectivity index (χ3n) is 2.70. The number of imidazole rings is 1. The molecule has 0 amide bonds. The monoisotopic (exact) mass is 308 g/mol. The van der Waals surface area contributed by atoms with Crippen molar-refractivity contribution in [1.82, 2.24) is 9.97 Å². The highest BCUT2D eigenvalue weighted by Crippen LogP contribution is 2.23. The summed E-state index contributed by atoms with van der Waals surface area (Å²) in [5.41, 5.74) is 0.638. The van der Waals surface area contributed by atoms with Crippen LogP contribution >= 0.6 is 0 Å². The van der Waals surface area contributed by atoms with Gasteiger partial charge in [0.05, 0.1) is 15.9 Å². The number of alkyl halides is 3. The van der Waals surface area contributed by atoms with Gasteiger partial charge in [0.1, 0.15) is 5.82 Å². The van der Waals surface area contributed by atoms with E-state index in [0.29, 0.717) is 11.0 Å². The normalized spacial score (nSPS) is 14.7. The minimum Gasteiger partial charge on any atom is -0.383 e. The van der Waals surface area contributed by atoms with Crippen LogP contribution in [0.3, 0.4) is 0 Å². The van der Waals surface area contributed by atoms with Gasteiger partial charge in [0, 0.05) is 12.7 Å². The highest BCUT2D eigenvalue weighted by atomic mass is 32.2. The summed E-state index contributed by atoms with van der Waals surface area (Å²) in [6.07, 6.45) is -6.93. The van der Waals surface area contributed by atoms with Crippen molar-refractivity contribution in [3.63, 3.8) is 0 Å². The predicted molar refractivity (Wildman–Crippen MR) is 65.0 cm³/mol. The minimum atomic E-state index is -4.73. The maximum Gasteiger partial charge on any atom is 0.414 e. The molecule has 1 heterocycles. The first-order valence-electron chi connectivity index (χ1n) is 5.51. The topological polar surface area (TPSA) is 83.1 Å². The van der Waals surface area contributed by atoms with E-state index in [1.54, 1.807) is 0 Å². The number of aromatic amines is 1. The molecular formula is C11H11F3N2O3S. The largest absolute Gasteiger partial charge is 0.414 e. The van der Waals surface area contributed by atoms with Gasteiger partial charge in [-0.25, -0.2) is 13.4 Å². The van der Waals surface area contributed by atoms with Crippen LogP contribution in [0.25, 0.3) is 11.0 Å². The Morgan fingerprint density at radius 1 is 1.40 bits per heavy atom. The molecule has 1 atom stereocenters. The van der Waals surface area contributed by atoms with Crippen LogP contribution < -0.4 is 0 Å². The lowest BCUT2D eigenvalue weighted by atomic mass is 10.2. The third-order valence-corrected chi connectivity index (χ3v) is 3.81. The number of aliphatic hydroxyl groups is 1. The second kappa shape index (κ2) is 4.74. The smallest absolute Gasteiger partial charge is 0.383 e. The zero-order valence-electron chi connectivity index (χ0n) is 10.3. The molecule has 0 fully saturated rings. The Balaban J connectivity index is 2.35. The number of nitrogens with one attached hydrogen (secondary N) is 1. The number of aliphatic hydroxyl groups excluding tert-OH is 1. The van der Waals surface area contributed by atoms with E-state index in [0.717, 1.165) is 6.26 Å². The molecule has 1 aromatic heterocycles. The van der Waals surface area contributed by atoms with E-state index >= 15 is 0 Å². The summed E-state index contributed by atoms with van der Waals surface area (Å²) in [4.78, 5) is 6.49. The molecule has 0 spiro atoms. The highest BCUT2D eigenvalue weighted by molar-refractivity contribution is 7.90. The second-order valence-corrected chi connectivity index (χ2v) is 6.41. The molecule has 0 saturated carbocycles. The molecular weight excluding hydrogens is 297 g/mol. The molecule has 1 unspecified atom stereocenters. The molecule has 0 saturated heterocycles. The molecule has 5 nitrogen and oxygen atoms in total. The fraction of sp³-hybridized carbons (Fsp3) is 0.364. The number of hydrogen-bond acceptors (Lipinski definition) is 4. The molecule has 1 aromatic carbocycles. The van der Waals surface area contributed by atoms with Gasteiger partial charge in [-0.3, -0.25) is 0 Å². The zero-order chi connectivity index (χ0) is 15.1. The van der Waals surface area contributed by atoms with Crippen LogP contribution in [0.2, 0.25) is 0 Å². The number of fused-ring (bicyclic) bond motifs is 1. The average Bonchev–Trinajstić information content (AvgIpc) is 2.67. The third kappa shape index (κ3) is 3.10.